The summed E-state index contributed by atoms with van der Waals surface area (Å²) in [7, 11) is 1.43. The van der Waals surface area contributed by atoms with Gasteiger partial charge in [0, 0.05) is 6.07 Å². The number of rotatable bonds is 4. The fraction of sp³-hybridized carbons (Fsp3) is 0.333. The first-order chi connectivity index (χ1) is 8.52. The minimum Gasteiger partial charge on any atom is -0.497 e. The second kappa shape index (κ2) is 4.64. The fourth-order valence-corrected chi connectivity index (χ4v) is 1.71. The highest BCUT2D eigenvalue weighted by atomic mass is 19.1. The first-order valence-corrected chi connectivity index (χ1v) is 5.40. The number of carbonyl (C=O) groups is 2. The molecular weight excluding hydrogens is 241 g/mol. The lowest BCUT2D eigenvalue weighted by Crippen LogP contribution is -2.17. The standard InChI is InChI=1S/C12H12FNO4/c1-18-6-2-3-9(13)10(4-6)14-11(15)7-5-8(7)12(16)17/h2-4,7-8H,5H2,1H3,(H,14,15)(H,16,17)/t7-,8+/m1/s1. The molecule has 1 fully saturated rings. The average molecular weight is 253 g/mol. The molecular formula is C12H12FNO4. The lowest BCUT2D eigenvalue weighted by Gasteiger charge is -2.07. The summed E-state index contributed by atoms with van der Waals surface area (Å²) in [6.07, 6.45) is 0.298. The first-order valence-electron chi connectivity index (χ1n) is 5.40. The van der Waals surface area contributed by atoms with Crippen LogP contribution in [0, 0.1) is 17.7 Å². The highest BCUT2D eigenvalue weighted by molar-refractivity contribution is 5.98. The molecule has 2 atom stereocenters. The van der Waals surface area contributed by atoms with Crippen molar-refractivity contribution in [1.29, 1.82) is 0 Å². The van der Waals surface area contributed by atoms with Crippen LogP contribution in [-0.4, -0.2) is 24.1 Å². The average Bonchev–Trinajstić information content (AvgIpc) is 3.12. The van der Waals surface area contributed by atoms with E-state index in [1.54, 1.807) is 0 Å². The number of halogens is 1. The molecule has 0 aliphatic heterocycles. The third-order valence-corrected chi connectivity index (χ3v) is 2.88. The van der Waals surface area contributed by atoms with Gasteiger partial charge >= 0.3 is 5.97 Å². The zero-order valence-corrected chi connectivity index (χ0v) is 9.64. The molecule has 96 valence electrons. The van der Waals surface area contributed by atoms with Crippen molar-refractivity contribution in [1.82, 2.24) is 0 Å². The van der Waals surface area contributed by atoms with Gasteiger partial charge in [0.25, 0.3) is 0 Å². The van der Waals surface area contributed by atoms with Crippen molar-refractivity contribution >= 4 is 17.6 Å². The van der Waals surface area contributed by atoms with Gasteiger partial charge in [-0.3, -0.25) is 9.59 Å². The van der Waals surface area contributed by atoms with Gasteiger partial charge < -0.3 is 15.2 Å². The first kappa shape index (κ1) is 12.3. The van der Waals surface area contributed by atoms with Crippen molar-refractivity contribution in [3.05, 3.63) is 24.0 Å². The van der Waals surface area contributed by atoms with Crippen LogP contribution in [0.5, 0.6) is 5.75 Å². The van der Waals surface area contributed by atoms with Crippen LogP contribution in [0.1, 0.15) is 6.42 Å². The number of ether oxygens (including phenoxy) is 1. The summed E-state index contributed by atoms with van der Waals surface area (Å²) in [4.78, 5) is 22.3. The van der Waals surface area contributed by atoms with Crippen LogP contribution in [0.2, 0.25) is 0 Å². The molecule has 0 unspecified atom stereocenters. The molecule has 1 aliphatic carbocycles. The molecule has 0 spiro atoms. The molecule has 1 amide bonds. The highest BCUT2D eigenvalue weighted by Gasteiger charge is 2.48. The van der Waals surface area contributed by atoms with Crippen LogP contribution in [0.3, 0.4) is 0 Å². The number of aliphatic carboxylic acids is 1. The Morgan fingerprint density at radius 3 is 2.72 bits per heavy atom. The van der Waals surface area contributed by atoms with Crippen molar-refractivity contribution < 1.29 is 23.8 Å². The smallest absolute Gasteiger partial charge is 0.307 e. The normalized spacial score (nSPS) is 21.2. The number of hydrogen-bond donors (Lipinski definition) is 2. The number of benzene rings is 1. The summed E-state index contributed by atoms with van der Waals surface area (Å²) in [5.41, 5.74) is -0.00427. The van der Waals surface area contributed by atoms with E-state index in [1.165, 1.54) is 25.3 Å². The summed E-state index contributed by atoms with van der Waals surface area (Å²) in [6.45, 7) is 0. The van der Waals surface area contributed by atoms with Gasteiger partial charge in [0.2, 0.25) is 5.91 Å². The number of hydrogen-bond acceptors (Lipinski definition) is 3. The van der Waals surface area contributed by atoms with Gasteiger partial charge in [-0.15, -0.1) is 0 Å². The van der Waals surface area contributed by atoms with Crippen LogP contribution >= 0.6 is 0 Å². The summed E-state index contributed by atoms with van der Waals surface area (Å²) < 4.78 is 18.3. The predicted molar refractivity (Wildman–Crippen MR) is 60.8 cm³/mol. The number of carboxylic acid groups (broad SMARTS) is 1. The summed E-state index contributed by atoms with van der Waals surface area (Å²) in [5.74, 6) is -2.88. The number of anilines is 1. The van der Waals surface area contributed by atoms with Crippen LogP contribution in [-0.2, 0) is 9.59 Å². The van der Waals surface area contributed by atoms with Gasteiger partial charge in [-0.1, -0.05) is 0 Å². The molecule has 0 bridgehead atoms. The lowest BCUT2D eigenvalue weighted by molar-refractivity contribution is -0.139. The van der Waals surface area contributed by atoms with E-state index in [-0.39, 0.29) is 5.69 Å². The van der Waals surface area contributed by atoms with Crippen LogP contribution in [0.15, 0.2) is 18.2 Å². The molecule has 0 saturated heterocycles. The zero-order chi connectivity index (χ0) is 13.3. The molecule has 0 heterocycles. The zero-order valence-electron chi connectivity index (χ0n) is 9.64. The third kappa shape index (κ3) is 2.42. The van der Waals surface area contributed by atoms with Crippen LogP contribution in [0.25, 0.3) is 0 Å². The fourth-order valence-electron chi connectivity index (χ4n) is 1.71. The number of nitrogens with one attached hydrogen (secondary N) is 1. The Kier molecular flexibility index (Phi) is 3.18. The second-order valence-electron chi connectivity index (χ2n) is 4.12. The van der Waals surface area contributed by atoms with Gasteiger partial charge in [0.15, 0.2) is 0 Å². The van der Waals surface area contributed by atoms with E-state index in [4.69, 9.17) is 9.84 Å². The molecule has 6 heteroatoms. The lowest BCUT2D eigenvalue weighted by atomic mass is 10.2. The minimum atomic E-state index is -0.999. The maximum absolute atomic E-state index is 13.4. The molecule has 5 nitrogen and oxygen atoms in total. The Morgan fingerprint density at radius 1 is 1.44 bits per heavy atom. The second-order valence-corrected chi connectivity index (χ2v) is 4.12. The minimum absolute atomic E-state index is 0.00427. The van der Waals surface area contributed by atoms with E-state index in [1.807, 2.05) is 0 Å². The van der Waals surface area contributed by atoms with E-state index in [2.05, 4.69) is 5.32 Å². The van der Waals surface area contributed by atoms with E-state index < -0.39 is 29.5 Å². The van der Waals surface area contributed by atoms with Gasteiger partial charge in [-0.05, 0) is 18.6 Å². The number of methoxy groups -OCH3 is 1. The quantitative estimate of drug-likeness (QED) is 0.852. The molecule has 18 heavy (non-hydrogen) atoms. The Bertz CT molecular complexity index is 503. The number of carboxylic acids is 1. The largest absolute Gasteiger partial charge is 0.497 e. The Hall–Kier alpha value is -2.11. The highest BCUT2D eigenvalue weighted by Crippen LogP contribution is 2.39. The van der Waals surface area contributed by atoms with Gasteiger partial charge in [-0.25, -0.2) is 4.39 Å². The molecule has 1 aromatic rings. The molecule has 0 radical (unpaired) electrons. The Balaban J connectivity index is 2.06. The van der Waals surface area contributed by atoms with Gasteiger partial charge in [0.1, 0.15) is 11.6 Å². The van der Waals surface area contributed by atoms with Crippen molar-refractivity contribution in [2.24, 2.45) is 11.8 Å². The monoisotopic (exact) mass is 253 g/mol. The SMILES string of the molecule is COc1ccc(F)c(NC(=O)[C@@H]2C[C@@H]2C(=O)O)c1. The molecule has 2 N–H and O–H groups in total. The summed E-state index contributed by atoms with van der Waals surface area (Å²) in [5, 5.41) is 11.1. The molecule has 1 aliphatic rings. The third-order valence-electron chi connectivity index (χ3n) is 2.88. The maximum Gasteiger partial charge on any atom is 0.307 e. The van der Waals surface area contributed by atoms with E-state index in [0.29, 0.717) is 12.2 Å². The van der Waals surface area contributed by atoms with Crippen LogP contribution < -0.4 is 10.1 Å². The van der Waals surface area contributed by atoms with Crippen LogP contribution in [0.4, 0.5) is 10.1 Å². The molecule has 2 rings (SSSR count). The Labute approximate surface area is 103 Å². The van der Waals surface area contributed by atoms with Crippen molar-refractivity contribution in [2.75, 3.05) is 12.4 Å². The predicted octanol–water partition coefficient (Wildman–Crippen LogP) is 1.49. The molecule has 1 aromatic carbocycles. The topological polar surface area (TPSA) is 75.6 Å². The number of carbonyl (C=O) groups excluding carboxylic acids is 1. The van der Waals surface area contributed by atoms with Gasteiger partial charge in [0.05, 0.1) is 24.6 Å². The van der Waals surface area contributed by atoms with E-state index >= 15 is 0 Å². The number of amides is 1. The van der Waals surface area contributed by atoms with E-state index in [9.17, 15) is 14.0 Å². The van der Waals surface area contributed by atoms with E-state index in [0.717, 1.165) is 0 Å². The van der Waals surface area contributed by atoms with Crippen molar-refractivity contribution in [3.8, 4) is 5.75 Å². The maximum atomic E-state index is 13.4. The Morgan fingerprint density at radius 2 is 2.17 bits per heavy atom. The molecule has 0 aromatic heterocycles. The van der Waals surface area contributed by atoms with Crippen molar-refractivity contribution in [3.63, 3.8) is 0 Å². The molecule has 1 saturated carbocycles. The summed E-state index contributed by atoms with van der Waals surface area (Å²) in [6, 6.07) is 3.96. The van der Waals surface area contributed by atoms with Crippen molar-refractivity contribution in [2.45, 2.75) is 6.42 Å². The van der Waals surface area contributed by atoms with Gasteiger partial charge in [-0.2, -0.15) is 0 Å². The summed E-state index contributed by atoms with van der Waals surface area (Å²) >= 11 is 0.